The number of aryl methyl sites for hydroxylation is 1. The van der Waals surface area contributed by atoms with Crippen molar-refractivity contribution in [2.45, 2.75) is 71.3 Å². The number of anilines is 1. The van der Waals surface area contributed by atoms with E-state index in [1.54, 1.807) is 0 Å². The minimum absolute atomic E-state index is 0.00131. The van der Waals surface area contributed by atoms with E-state index in [1.807, 2.05) is 32.0 Å². The minimum atomic E-state index is -0.668. The first kappa shape index (κ1) is 18.8. The van der Waals surface area contributed by atoms with Crippen molar-refractivity contribution >= 4 is 11.6 Å². The summed E-state index contributed by atoms with van der Waals surface area (Å²) < 4.78 is 11.7. The van der Waals surface area contributed by atoms with Crippen LogP contribution in [0.25, 0.3) is 0 Å². The predicted molar refractivity (Wildman–Crippen MR) is 97.7 cm³/mol. The van der Waals surface area contributed by atoms with Gasteiger partial charge in [0.15, 0.2) is 0 Å². The molecule has 0 unspecified atom stereocenters. The van der Waals surface area contributed by atoms with Crippen LogP contribution in [0.2, 0.25) is 0 Å². The Bertz CT molecular complexity index is 534. The van der Waals surface area contributed by atoms with Crippen molar-refractivity contribution in [1.29, 1.82) is 0 Å². The molecule has 0 heterocycles. The Labute approximate surface area is 145 Å². The molecule has 1 aromatic carbocycles. The Morgan fingerprint density at radius 3 is 2.46 bits per heavy atom. The summed E-state index contributed by atoms with van der Waals surface area (Å²) in [6.45, 7) is 7.32. The van der Waals surface area contributed by atoms with Gasteiger partial charge in [-0.05, 0) is 56.9 Å². The first-order valence-corrected chi connectivity index (χ1v) is 9.30. The van der Waals surface area contributed by atoms with Crippen molar-refractivity contribution in [2.24, 2.45) is 0 Å². The number of nitrogens with one attached hydrogen (secondary N) is 1. The van der Waals surface area contributed by atoms with Crippen molar-refractivity contribution in [3.05, 3.63) is 23.8 Å². The first-order chi connectivity index (χ1) is 11.6. The number of carbonyl (C=O) groups excluding carboxylic acids is 1. The summed E-state index contributed by atoms with van der Waals surface area (Å²) in [5, 5.41) is 3.08. The highest BCUT2D eigenvalue weighted by molar-refractivity contribution is 5.97. The molecule has 1 aromatic rings. The summed E-state index contributed by atoms with van der Waals surface area (Å²) in [5.41, 5.74) is 1.17. The number of carbonyl (C=O) groups is 1. The molecule has 1 saturated carbocycles. The summed E-state index contributed by atoms with van der Waals surface area (Å²) >= 11 is 0. The van der Waals surface area contributed by atoms with Crippen LogP contribution in [0.1, 0.15) is 64.4 Å². The molecule has 4 nitrogen and oxygen atoms in total. The van der Waals surface area contributed by atoms with E-state index < -0.39 is 5.60 Å². The number of benzene rings is 1. The van der Waals surface area contributed by atoms with Crippen LogP contribution in [0.3, 0.4) is 0 Å². The second-order valence-corrected chi connectivity index (χ2v) is 6.62. The number of amides is 1. The van der Waals surface area contributed by atoms with Crippen LogP contribution < -0.4 is 10.1 Å². The molecule has 0 aliphatic heterocycles. The Balaban J connectivity index is 2.13. The Hall–Kier alpha value is -1.55. The van der Waals surface area contributed by atoms with Crippen molar-refractivity contribution in [3.63, 3.8) is 0 Å². The quantitative estimate of drug-likeness (QED) is 0.725. The van der Waals surface area contributed by atoms with Gasteiger partial charge in [0.1, 0.15) is 11.4 Å². The molecule has 4 heteroatoms. The molecule has 24 heavy (non-hydrogen) atoms. The fraction of sp³-hybridized carbons (Fsp3) is 0.650. The maximum Gasteiger partial charge on any atom is 0.256 e. The highest BCUT2D eigenvalue weighted by Crippen LogP contribution is 2.32. The third kappa shape index (κ3) is 4.73. The zero-order valence-electron chi connectivity index (χ0n) is 15.3. The van der Waals surface area contributed by atoms with Gasteiger partial charge < -0.3 is 14.8 Å². The minimum Gasteiger partial charge on any atom is -0.494 e. The molecule has 2 rings (SSSR count). The Kier molecular flexibility index (Phi) is 7.10. The fourth-order valence-electron chi connectivity index (χ4n) is 3.32. The number of ether oxygens (including phenoxy) is 2. The molecular weight excluding hydrogens is 302 g/mol. The van der Waals surface area contributed by atoms with E-state index >= 15 is 0 Å². The molecule has 0 atom stereocenters. The second-order valence-electron chi connectivity index (χ2n) is 6.62. The van der Waals surface area contributed by atoms with Crippen LogP contribution in [0, 0.1) is 6.92 Å². The van der Waals surface area contributed by atoms with Crippen molar-refractivity contribution in [2.75, 3.05) is 18.5 Å². The standard InChI is InChI=1S/C20H31NO3/c1-4-14-24-20(12-8-6-7-9-13-20)19(22)21-17-10-11-18(23-5-2)16(3)15-17/h10-11,15H,4-9,12-14H2,1-3H3,(H,21,22). The van der Waals surface area contributed by atoms with Gasteiger partial charge in [-0.1, -0.05) is 32.6 Å². The molecule has 134 valence electrons. The van der Waals surface area contributed by atoms with Crippen LogP contribution >= 0.6 is 0 Å². The zero-order chi connectivity index (χ0) is 17.4. The van der Waals surface area contributed by atoms with E-state index in [9.17, 15) is 4.79 Å². The average molecular weight is 333 g/mol. The third-order valence-electron chi connectivity index (χ3n) is 4.64. The largest absolute Gasteiger partial charge is 0.494 e. The van der Waals surface area contributed by atoms with E-state index in [-0.39, 0.29) is 5.91 Å². The smallest absolute Gasteiger partial charge is 0.256 e. The Morgan fingerprint density at radius 1 is 1.17 bits per heavy atom. The third-order valence-corrected chi connectivity index (χ3v) is 4.64. The van der Waals surface area contributed by atoms with Crippen molar-refractivity contribution in [1.82, 2.24) is 0 Å². The van der Waals surface area contributed by atoms with E-state index in [0.717, 1.165) is 49.1 Å². The van der Waals surface area contributed by atoms with Gasteiger partial charge in [0.25, 0.3) is 5.91 Å². The molecule has 1 aliphatic carbocycles. The van der Waals surface area contributed by atoms with Crippen LogP contribution in [0.5, 0.6) is 5.75 Å². The maximum atomic E-state index is 13.0. The lowest BCUT2D eigenvalue weighted by Gasteiger charge is -2.31. The van der Waals surface area contributed by atoms with Gasteiger partial charge in [-0.3, -0.25) is 4.79 Å². The van der Waals surface area contributed by atoms with Crippen molar-refractivity contribution < 1.29 is 14.3 Å². The average Bonchev–Trinajstić information content (AvgIpc) is 2.82. The lowest BCUT2D eigenvalue weighted by atomic mass is 9.92. The summed E-state index contributed by atoms with van der Waals surface area (Å²) in [6.07, 6.45) is 7.04. The van der Waals surface area contributed by atoms with E-state index in [1.165, 1.54) is 12.8 Å². The highest BCUT2D eigenvalue weighted by Gasteiger charge is 2.39. The van der Waals surface area contributed by atoms with Gasteiger partial charge in [-0.2, -0.15) is 0 Å². The fourth-order valence-corrected chi connectivity index (χ4v) is 3.32. The molecule has 0 radical (unpaired) electrons. The molecule has 1 fully saturated rings. The van der Waals surface area contributed by atoms with Gasteiger partial charge >= 0.3 is 0 Å². The van der Waals surface area contributed by atoms with E-state index in [2.05, 4.69) is 12.2 Å². The molecule has 1 amide bonds. The van der Waals surface area contributed by atoms with E-state index in [0.29, 0.717) is 13.2 Å². The predicted octanol–water partition coefficient (Wildman–Crippen LogP) is 4.85. The lowest BCUT2D eigenvalue weighted by Crippen LogP contribution is -2.45. The van der Waals surface area contributed by atoms with Crippen LogP contribution in [-0.4, -0.2) is 24.7 Å². The van der Waals surface area contributed by atoms with Gasteiger partial charge in [0.2, 0.25) is 0 Å². The van der Waals surface area contributed by atoms with Gasteiger partial charge in [-0.15, -0.1) is 0 Å². The van der Waals surface area contributed by atoms with Gasteiger partial charge in [0.05, 0.1) is 6.61 Å². The molecular formula is C20H31NO3. The van der Waals surface area contributed by atoms with Gasteiger partial charge in [-0.25, -0.2) is 0 Å². The normalized spacial score (nSPS) is 17.1. The summed E-state index contributed by atoms with van der Waals surface area (Å²) in [7, 11) is 0. The molecule has 0 spiro atoms. The monoisotopic (exact) mass is 333 g/mol. The van der Waals surface area contributed by atoms with Crippen LogP contribution in [-0.2, 0) is 9.53 Å². The second kappa shape index (κ2) is 9.07. The molecule has 0 saturated heterocycles. The highest BCUT2D eigenvalue weighted by atomic mass is 16.5. The molecule has 0 bridgehead atoms. The zero-order valence-corrected chi connectivity index (χ0v) is 15.3. The first-order valence-electron chi connectivity index (χ1n) is 9.30. The Morgan fingerprint density at radius 2 is 1.88 bits per heavy atom. The number of hydrogen-bond acceptors (Lipinski definition) is 3. The lowest BCUT2D eigenvalue weighted by molar-refractivity contribution is -0.143. The number of hydrogen-bond donors (Lipinski definition) is 1. The number of rotatable bonds is 7. The SMILES string of the molecule is CCCOC1(C(=O)Nc2ccc(OCC)c(C)c2)CCCCCC1. The van der Waals surface area contributed by atoms with E-state index in [4.69, 9.17) is 9.47 Å². The van der Waals surface area contributed by atoms with Crippen molar-refractivity contribution in [3.8, 4) is 5.75 Å². The summed E-state index contributed by atoms with van der Waals surface area (Å²) in [5.74, 6) is 0.864. The molecule has 1 aliphatic rings. The van der Waals surface area contributed by atoms with Crippen LogP contribution in [0.15, 0.2) is 18.2 Å². The molecule has 1 N–H and O–H groups in total. The maximum absolute atomic E-state index is 13.0. The van der Waals surface area contributed by atoms with Gasteiger partial charge in [0, 0.05) is 12.3 Å². The summed E-state index contributed by atoms with van der Waals surface area (Å²) in [6, 6.07) is 5.79. The summed E-state index contributed by atoms with van der Waals surface area (Å²) in [4.78, 5) is 13.0. The molecule has 0 aromatic heterocycles. The van der Waals surface area contributed by atoms with Crippen LogP contribution in [0.4, 0.5) is 5.69 Å². The topological polar surface area (TPSA) is 47.6 Å².